The van der Waals surface area contributed by atoms with Crippen LogP contribution >= 0.6 is 23.2 Å². The van der Waals surface area contributed by atoms with Gasteiger partial charge in [0, 0.05) is 18.3 Å². The Morgan fingerprint density at radius 1 is 1.39 bits per heavy atom. The lowest BCUT2D eigenvalue weighted by molar-refractivity contribution is -0.120. The Morgan fingerprint density at radius 2 is 2.17 bits per heavy atom. The first-order valence-electron chi connectivity index (χ1n) is 6.85. The van der Waals surface area contributed by atoms with Crippen LogP contribution in [-0.4, -0.2) is 41.2 Å². The molecule has 0 spiro atoms. The molecule has 0 saturated carbocycles. The zero-order valence-corrected chi connectivity index (χ0v) is 13.9. The Balaban J connectivity index is 2.00. The molecule has 0 fully saturated rings. The predicted molar refractivity (Wildman–Crippen MR) is 89.7 cm³/mol. The molecule has 2 aromatic rings. The van der Waals surface area contributed by atoms with Crippen LogP contribution in [0.2, 0.25) is 10.3 Å². The number of nitrogens with zero attached hydrogens (tertiary/aromatic N) is 3. The summed E-state index contributed by atoms with van der Waals surface area (Å²) in [6.07, 6.45) is 1.52. The number of aliphatic hydroxyl groups is 1. The third-order valence-corrected chi connectivity index (χ3v) is 3.57. The summed E-state index contributed by atoms with van der Waals surface area (Å²) in [5.74, 6) is 0.268. The summed E-state index contributed by atoms with van der Waals surface area (Å²) < 4.78 is 0. The van der Waals surface area contributed by atoms with E-state index >= 15 is 0 Å². The summed E-state index contributed by atoms with van der Waals surface area (Å²) in [5.41, 5.74) is 0.737. The number of likely N-dealkylation sites (N-methyl/N-ethyl adjacent to an activating group) is 1. The number of halogens is 2. The van der Waals surface area contributed by atoms with Crippen LogP contribution in [0.5, 0.6) is 0 Å². The summed E-state index contributed by atoms with van der Waals surface area (Å²) in [4.78, 5) is 21.6. The van der Waals surface area contributed by atoms with Crippen LogP contribution in [0.3, 0.4) is 0 Å². The highest BCUT2D eigenvalue weighted by Gasteiger charge is 2.16. The number of amides is 1. The Bertz CT molecular complexity index is 684. The second kappa shape index (κ2) is 8.10. The number of carbonyl (C=O) groups excluding carboxylic acids is 1. The average Bonchev–Trinajstić information content (AvgIpc) is 2.52. The lowest BCUT2D eigenvalue weighted by Gasteiger charge is -2.21. The first-order valence-corrected chi connectivity index (χ1v) is 7.60. The molecule has 0 radical (unpaired) electrons. The monoisotopic (exact) mass is 354 g/mol. The van der Waals surface area contributed by atoms with E-state index in [1.807, 2.05) is 0 Å². The molecule has 1 amide bonds. The maximum Gasteiger partial charge on any atom is 0.240 e. The van der Waals surface area contributed by atoms with Gasteiger partial charge >= 0.3 is 0 Å². The van der Waals surface area contributed by atoms with Crippen molar-refractivity contribution < 1.29 is 9.90 Å². The Hall–Kier alpha value is -1.89. The summed E-state index contributed by atoms with van der Waals surface area (Å²) >= 11 is 11.7. The van der Waals surface area contributed by atoms with Crippen LogP contribution in [0.25, 0.3) is 0 Å². The maximum atomic E-state index is 12.2. The number of aliphatic hydroxyl groups excluding tert-OH is 1. The molecule has 6 nitrogen and oxygen atoms in total. The van der Waals surface area contributed by atoms with E-state index in [1.54, 1.807) is 42.3 Å². The number of nitrogens with one attached hydrogen (secondary N) is 1. The first kappa shape index (κ1) is 17.5. The van der Waals surface area contributed by atoms with Gasteiger partial charge in [-0.2, -0.15) is 0 Å². The number of anilines is 1. The highest BCUT2D eigenvalue weighted by atomic mass is 35.5. The van der Waals surface area contributed by atoms with E-state index in [1.165, 1.54) is 6.20 Å². The van der Waals surface area contributed by atoms with E-state index in [0.29, 0.717) is 10.8 Å². The fraction of sp³-hybridized carbons (Fsp3) is 0.267. The topological polar surface area (TPSA) is 78.4 Å². The van der Waals surface area contributed by atoms with E-state index in [9.17, 15) is 9.90 Å². The minimum Gasteiger partial charge on any atom is -0.394 e. The normalized spacial score (nSPS) is 11.8. The quantitative estimate of drug-likeness (QED) is 0.776. The lowest BCUT2D eigenvalue weighted by atomic mass is 10.1. The zero-order valence-electron chi connectivity index (χ0n) is 12.4. The van der Waals surface area contributed by atoms with Gasteiger partial charge in [0.15, 0.2) is 0 Å². The lowest BCUT2D eigenvalue weighted by Crippen LogP contribution is -2.38. The number of hydrogen-bond donors (Lipinski definition) is 2. The Kier molecular flexibility index (Phi) is 6.15. The molecule has 1 atom stereocenters. The number of benzene rings is 1. The molecular weight excluding hydrogens is 339 g/mol. The van der Waals surface area contributed by atoms with Crippen molar-refractivity contribution in [2.24, 2.45) is 0 Å². The molecule has 2 N–H and O–H groups in total. The second-order valence-corrected chi connectivity index (χ2v) is 5.67. The van der Waals surface area contributed by atoms with Gasteiger partial charge in [-0.15, -0.1) is 0 Å². The molecule has 0 bridgehead atoms. The van der Waals surface area contributed by atoms with Gasteiger partial charge in [0.2, 0.25) is 11.2 Å². The maximum absolute atomic E-state index is 12.2. The van der Waals surface area contributed by atoms with Crippen molar-refractivity contribution in [3.8, 4) is 0 Å². The molecule has 8 heteroatoms. The standard InChI is InChI=1S/C15H16Cl2N4O2/c1-21(13-5-6-18-15(17)20-13)8-14(23)19-12(9-22)10-3-2-4-11(16)7-10/h2-7,12,22H,8-9H2,1H3,(H,19,23). The van der Waals surface area contributed by atoms with E-state index in [2.05, 4.69) is 15.3 Å². The van der Waals surface area contributed by atoms with Crippen molar-refractivity contribution in [1.82, 2.24) is 15.3 Å². The molecule has 1 unspecified atom stereocenters. The largest absolute Gasteiger partial charge is 0.394 e. The van der Waals surface area contributed by atoms with Gasteiger partial charge in [-0.1, -0.05) is 23.7 Å². The van der Waals surface area contributed by atoms with Crippen LogP contribution in [0, 0.1) is 0 Å². The number of rotatable bonds is 6. The molecule has 1 heterocycles. The highest BCUT2D eigenvalue weighted by molar-refractivity contribution is 6.30. The predicted octanol–water partition coefficient (Wildman–Crippen LogP) is 2.07. The summed E-state index contributed by atoms with van der Waals surface area (Å²) in [5, 5.41) is 12.9. The van der Waals surface area contributed by atoms with Crippen LogP contribution in [-0.2, 0) is 4.79 Å². The van der Waals surface area contributed by atoms with Crippen molar-refractivity contribution in [1.29, 1.82) is 0 Å². The third-order valence-electron chi connectivity index (χ3n) is 3.15. The van der Waals surface area contributed by atoms with Gasteiger partial charge in [-0.3, -0.25) is 4.79 Å². The summed E-state index contributed by atoms with van der Waals surface area (Å²) in [7, 11) is 1.71. The first-order chi connectivity index (χ1) is 11.0. The molecule has 122 valence electrons. The van der Waals surface area contributed by atoms with Gasteiger partial charge in [0.1, 0.15) is 5.82 Å². The number of hydrogen-bond acceptors (Lipinski definition) is 5. The van der Waals surface area contributed by atoms with Gasteiger partial charge < -0.3 is 15.3 Å². The van der Waals surface area contributed by atoms with Crippen LogP contribution in [0.15, 0.2) is 36.5 Å². The summed E-state index contributed by atoms with van der Waals surface area (Å²) in [6.45, 7) is -0.167. The van der Waals surface area contributed by atoms with Gasteiger partial charge in [0.05, 0.1) is 19.2 Å². The van der Waals surface area contributed by atoms with Gasteiger partial charge in [-0.25, -0.2) is 9.97 Å². The molecule has 0 aliphatic carbocycles. The summed E-state index contributed by atoms with van der Waals surface area (Å²) in [6, 6.07) is 8.12. The minimum absolute atomic E-state index is 0.0599. The average molecular weight is 355 g/mol. The molecule has 0 aliphatic rings. The molecule has 0 saturated heterocycles. The fourth-order valence-corrected chi connectivity index (χ4v) is 2.37. The molecule has 1 aromatic heterocycles. The van der Waals surface area contributed by atoms with E-state index in [-0.39, 0.29) is 24.3 Å². The number of aromatic nitrogens is 2. The van der Waals surface area contributed by atoms with Crippen molar-refractivity contribution >= 4 is 34.9 Å². The van der Waals surface area contributed by atoms with Crippen LogP contribution in [0.1, 0.15) is 11.6 Å². The third kappa shape index (κ3) is 5.06. The molecule has 2 rings (SSSR count). The molecule has 0 aliphatic heterocycles. The number of carbonyl (C=O) groups is 1. The Labute approximate surface area is 144 Å². The SMILES string of the molecule is CN(CC(=O)NC(CO)c1cccc(Cl)c1)c1ccnc(Cl)n1. The van der Waals surface area contributed by atoms with E-state index in [4.69, 9.17) is 23.2 Å². The van der Waals surface area contributed by atoms with Crippen LogP contribution < -0.4 is 10.2 Å². The van der Waals surface area contributed by atoms with Gasteiger partial charge in [0.25, 0.3) is 0 Å². The smallest absolute Gasteiger partial charge is 0.240 e. The van der Waals surface area contributed by atoms with E-state index < -0.39 is 6.04 Å². The van der Waals surface area contributed by atoms with Crippen LogP contribution in [0.4, 0.5) is 5.82 Å². The van der Waals surface area contributed by atoms with Crippen molar-refractivity contribution in [3.63, 3.8) is 0 Å². The zero-order chi connectivity index (χ0) is 16.8. The van der Waals surface area contributed by atoms with Gasteiger partial charge in [-0.05, 0) is 35.4 Å². The fourth-order valence-electron chi connectivity index (χ4n) is 2.03. The minimum atomic E-state index is -0.524. The molecule has 1 aromatic carbocycles. The van der Waals surface area contributed by atoms with Crippen molar-refractivity contribution in [2.75, 3.05) is 25.1 Å². The highest BCUT2D eigenvalue weighted by Crippen LogP contribution is 2.17. The van der Waals surface area contributed by atoms with E-state index in [0.717, 1.165) is 5.56 Å². The second-order valence-electron chi connectivity index (χ2n) is 4.90. The molecule has 23 heavy (non-hydrogen) atoms. The molecular formula is C15H16Cl2N4O2. The Morgan fingerprint density at radius 3 is 2.83 bits per heavy atom. The van der Waals surface area contributed by atoms with Crippen molar-refractivity contribution in [2.45, 2.75) is 6.04 Å². The van der Waals surface area contributed by atoms with Crippen molar-refractivity contribution in [3.05, 3.63) is 52.4 Å².